The van der Waals surface area contributed by atoms with Crippen LogP contribution in [0.3, 0.4) is 0 Å². The molecule has 0 saturated heterocycles. The van der Waals surface area contributed by atoms with Crippen LogP contribution in [-0.4, -0.2) is 63.4 Å². The number of pyridine rings is 1. The van der Waals surface area contributed by atoms with Gasteiger partial charge in [-0.05, 0) is 44.3 Å². The van der Waals surface area contributed by atoms with Gasteiger partial charge in [-0.2, -0.15) is 5.10 Å². The van der Waals surface area contributed by atoms with E-state index in [0.717, 1.165) is 40.9 Å². The van der Waals surface area contributed by atoms with Gasteiger partial charge in [-0.1, -0.05) is 12.1 Å². The molecule has 1 N–H and O–H groups in total. The first-order valence-electron chi connectivity index (χ1n) is 9.68. The monoisotopic (exact) mass is 404 g/mol. The maximum Gasteiger partial charge on any atom is 0.338 e. The molecule has 3 heterocycles. The van der Waals surface area contributed by atoms with Crippen LogP contribution in [0, 0.1) is 6.92 Å². The van der Waals surface area contributed by atoms with Gasteiger partial charge in [0.1, 0.15) is 5.82 Å². The Balaban J connectivity index is 1.72. The van der Waals surface area contributed by atoms with Crippen molar-refractivity contribution in [2.75, 3.05) is 27.7 Å². The lowest BCUT2D eigenvalue weighted by molar-refractivity contribution is 0.0600. The zero-order valence-electron chi connectivity index (χ0n) is 17.5. The second-order valence-corrected chi connectivity index (χ2v) is 7.46. The number of hydrogen-bond donors (Lipinski definition) is 1. The number of imidazole rings is 1. The largest absolute Gasteiger partial charge is 0.465 e. The fourth-order valence-electron chi connectivity index (χ4n) is 3.32. The maximum absolute atomic E-state index is 12.1. The molecule has 0 saturated carbocycles. The van der Waals surface area contributed by atoms with Gasteiger partial charge in [-0.25, -0.2) is 14.8 Å². The number of carbonyl (C=O) groups is 1. The van der Waals surface area contributed by atoms with E-state index in [0.29, 0.717) is 17.0 Å². The van der Waals surface area contributed by atoms with Gasteiger partial charge in [-0.3, -0.25) is 4.68 Å². The highest BCUT2D eigenvalue weighted by molar-refractivity contribution is 5.96. The van der Waals surface area contributed by atoms with Crippen molar-refractivity contribution in [2.24, 2.45) is 0 Å². The Morgan fingerprint density at radius 3 is 2.83 bits per heavy atom. The summed E-state index contributed by atoms with van der Waals surface area (Å²) in [6.07, 6.45) is 5.50. The number of rotatable bonds is 6. The van der Waals surface area contributed by atoms with Gasteiger partial charge in [0.15, 0.2) is 5.65 Å². The van der Waals surface area contributed by atoms with Crippen molar-refractivity contribution in [3.8, 4) is 22.5 Å². The second kappa shape index (κ2) is 8.08. The number of H-pyrrole nitrogens is 1. The minimum Gasteiger partial charge on any atom is -0.465 e. The Morgan fingerprint density at radius 2 is 2.07 bits per heavy atom. The first-order chi connectivity index (χ1) is 14.5. The number of aromatic amines is 1. The Labute approximate surface area is 174 Å². The molecule has 0 fully saturated rings. The van der Waals surface area contributed by atoms with Gasteiger partial charge < -0.3 is 14.6 Å². The van der Waals surface area contributed by atoms with Crippen LogP contribution in [0.2, 0.25) is 0 Å². The van der Waals surface area contributed by atoms with E-state index >= 15 is 0 Å². The lowest BCUT2D eigenvalue weighted by Crippen LogP contribution is -2.18. The Hall–Kier alpha value is -3.52. The molecule has 0 radical (unpaired) electrons. The van der Waals surface area contributed by atoms with E-state index < -0.39 is 0 Å². The van der Waals surface area contributed by atoms with Crippen LogP contribution in [0.1, 0.15) is 15.9 Å². The summed E-state index contributed by atoms with van der Waals surface area (Å²) < 4.78 is 6.81. The predicted octanol–water partition coefficient (Wildman–Crippen LogP) is 3.15. The predicted molar refractivity (Wildman–Crippen MR) is 115 cm³/mol. The molecule has 0 atom stereocenters. The van der Waals surface area contributed by atoms with Crippen molar-refractivity contribution in [1.82, 2.24) is 29.6 Å². The minimum absolute atomic E-state index is 0.352. The quantitative estimate of drug-likeness (QED) is 0.497. The van der Waals surface area contributed by atoms with E-state index in [4.69, 9.17) is 4.74 Å². The summed E-state index contributed by atoms with van der Waals surface area (Å²) in [5, 5.41) is 4.42. The van der Waals surface area contributed by atoms with E-state index in [1.165, 1.54) is 7.11 Å². The van der Waals surface area contributed by atoms with Gasteiger partial charge in [0, 0.05) is 24.5 Å². The van der Waals surface area contributed by atoms with Crippen LogP contribution in [0.25, 0.3) is 33.7 Å². The molecule has 0 spiro atoms. The summed E-state index contributed by atoms with van der Waals surface area (Å²) in [4.78, 5) is 26.6. The number of hydrogen-bond acceptors (Lipinski definition) is 6. The number of aromatic nitrogens is 5. The summed E-state index contributed by atoms with van der Waals surface area (Å²) in [5.74, 6) is 0.358. The third-order valence-corrected chi connectivity index (χ3v) is 5.03. The van der Waals surface area contributed by atoms with E-state index in [2.05, 4.69) is 25.0 Å². The second-order valence-electron chi connectivity index (χ2n) is 7.46. The Bertz CT molecular complexity index is 1210. The minimum atomic E-state index is -0.352. The standard InChI is InChI=1S/C22H24N6O2/c1-14-5-6-15(11-18(14)22(29)30-4)17-7-8-23-21-19(17)25-20(26-21)16-12-24-28(13-16)10-9-27(2)3/h5-8,11-13H,9-10H2,1-4H3,(H,23,25,26). The topological polar surface area (TPSA) is 88.9 Å². The molecule has 154 valence electrons. The van der Waals surface area contributed by atoms with Gasteiger partial charge in [0.05, 0.1) is 36.5 Å². The lowest BCUT2D eigenvalue weighted by Gasteiger charge is -2.08. The van der Waals surface area contributed by atoms with Crippen LogP contribution < -0.4 is 0 Å². The molecule has 4 aromatic rings. The number of nitrogens with one attached hydrogen (secondary N) is 1. The van der Waals surface area contributed by atoms with E-state index in [1.54, 1.807) is 12.4 Å². The summed E-state index contributed by atoms with van der Waals surface area (Å²) in [5.41, 5.74) is 5.55. The van der Waals surface area contributed by atoms with Crippen molar-refractivity contribution in [3.63, 3.8) is 0 Å². The molecule has 1 aromatic carbocycles. The van der Waals surface area contributed by atoms with E-state index in [9.17, 15) is 4.79 Å². The number of nitrogens with zero attached hydrogens (tertiary/aromatic N) is 5. The van der Waals surface area contributed by atoms with E-state index in [1.807, 2.05) is 56.2 Å². The van der Waals surface area contributed by atoms with Crippen LogP contribution in [0.4, 0.5) is 0 Å². The van der Waals surface area contributed by atoms with Crippen molar-refractivity contribution in [3.05, 3.63) is 54.0 Å². The van der Waals surface area contributed by atoms with Crippen LogP contribution in [-0.2, 0) is 11.3 Å². The average molecular weight is 404 g/mol. The fraction of sp³-hybridized carbons (Fsp3) is 0.273. The zero-order valence-corrected chi connectivity index (χ0v) is 17.5. The first kappa shape index (κ1) is 19.8. The molecule has 0 aliphatic carbocycles. The molecule has 0 unspecified atom stereocenters. The number of carbonyl (C=O) groups excluding carboxylic acids is 1. The third kappa shape index (κ3) is 3.81. The molecule has 0 bridgehead atoms. The normalized spacial score (nSPS) is 11.4. The highest BCUT2D eigenvalue weighted by atomic mass is 16.5. The van der Waals surface area contributed by atoms with Crippen LogP contribution in [0.5, 0.6) is 0 Å². The molecule has 3 aromatic heterocycles. The smallest absolute Gasteiger partial charge is 0.338 e. The molecule has 0 aliphatic rings. The average Bonchev–Trinajstić information content (AvgIpc) is 3.38. The molecule has 8 nitrogen and oxygen atoms in total. The van der Waals surface area contributed by atoms with Crippen molar-refractivity contribution in [1.29, 1.82) is 0 Å². The molecule has 0 amide bonds. The number of methoxy groups -OCH3 is 1. The highest BCUT2D eigenvalue weighted by Gasteiger charge is 2.15. The van der Waals surface area contributed by atoms with Crippen LogP contribution in [0.15, 0.2) is 42.9 Å². The van der Waals surface area contributed by atoms with Gasteiger partial charge in [-0.15, -0.1) is 0 Å². The number of likely N-dealkylation sites (N-methyl/N-ethyl adjacent to an activating group) is 1. The number of fused-ring (bicyclic) bond motifs is 1. The Morgan fingerprint density at radius 1 is 1.23 bits per heavy atom. The molecule has 30 heavy (non-hydrogen) atoms. The number of ether oxygens (including phenoxy) is 1. The van der Waals surface area contributed by atoms with Gasteiger partial charge in [0.25, 0.3) is 0 Å². The molecular weight excluding hydrogens is 380 g/mol. The summed E-state index contributed by atoms with van der Waals surface area (Å²) in [7, 11) is 5.46. The number of aryl methyl sites for hydroxylation is 1. The SMILES string of the molecule is COC(=O)c1cc(-c2ccnc3nc(-c4cnn(CCN(C)C)c4)[nH]c23)ccc1C. The third-order valence-electron chi connectivity index (χ3n) is 5.03. The van der Waals surface area contributed by atoms with Gasteiger partial charge in [0.2, 0.25) is 0 Å². The first-order valence-corrected chi connectivity index (χ1v) is 9.68. The van der Waals surface area contributed by atoms with E-state index in [-0.39, 0.29) is 5.97 Å². The maximum atomic E-state index is 12.1. The molecular formula is C22H24N6O2. The van der Waals surface area contributed by atoms with Crippen LogP contribution >= 0.6 is 0 Å². The lowest BCUT2D eigenvalue weighted by atomic mass is 10.00. The van der Waals surface area contributed by atoms with Crippen molar-refractivity contribution >= 4 is 17.1 Å². The highest BCUT2D eigenvalue weighted by Crippen LogP contribution is 2.30. The van der Waals surface area contributed by atoms with Crippen molar-refractivity contribution < 1.29 is 9.53 Å². The fourth-order valence-corrected chi connectivity index (χ4v) is 3.32. The molecule has 0 aliphatic heterocycles. The van der Waals surface area contributed by atoms with Gasteiger partial charge >= 0.3 is 5.97 Å². The summed E-state index contributed by atoms with van der Waals surface area (Å²) in [6, 6.07) is 7.66. The number of benzene rings is 1. The summed E-state index contributed by atoms with van der Waals surface area (Å²) >= 11 is 0. The number of esters is 1. The zero-order chi connectivity index (χ0) is 21.3. The Kier molecular flexibility index (Phi) is 5.33. The molecule has 4 rings (SSSR count). The van der Waals surface area contributed by atoms with Crippen molar-refractivity contribution in [2.45, 2.75) is 13.5 Å². The molecule has 8 heteroatoms. The summed E-state index contributed by atoms with van der Waals surface area (Å²) in [6.45, 7) is 3.60.